The van der Waals surface area contributed by atoms with Gasteiger partial charge in [-0.1, -0.05) is 13.0 Å². The van der Waals surface area contributed by atoms with Crippen LogP contribution in [-0.4, -0.2) is 16.3 Å². The van der Waals surface area contributed by atoms with Crippen LogP contribution < -0.4 is 5.32 Å². The summed E-state index contributed by atoms with van der Waals surface area (Å²) in [4.78, 5) is 0. The fourth-order valence-corrected chi connectivity index (χ4v) is 2.20. The molecule has 0 fully saturated rings. The molecule has 0 bridgehead atoms. The van der Waals surface area contributed by atoms with Crippen molar-refractivity contribution >= 4 is 15.9 Å². The number of aromatic nitrogens is 2. The molecule has 0 saturated carbocycles. The minimum absolute atomic E-state index is 0.189. The summed E-state index contributed by atoms with van der Waals surface area (Å²) in [6.45, 7) is 4.31. The minimum Gasteiger partial charge on any atom is -0.313 e. The third-order valence-corrected chi connectivity index (χ3v) is 3.21. The van der Waals surface area contributed by atoms with Crippen molar-refractivity contribution in [2.24, 2.45) is 0 Å². The van der Waals surface area contributed by atoms with Gasteiger partial charge in [-0.05, 0) is 46.6 Å². The summed E-state index contributed by atoms with van der Waals surface area (Å²) in [5.74, 6) is -0.189. The second-order valence-corrected chi connectivity index (χ2v) is 5.37. The van der Waals surface area contributed by atoms with Gasteiger partial charge in [0, 0.05) is 18.3 Å². The van der Waals surface area contributed by atoms with Gasteiger partial charge >= 0.3 is 0 Å². The summed E-state index contributed by atoms with van der Waals surface area (Å²) in [5.41, 5.74) is 1.75. The Morgan fingerprint density at radius 2 is 2.26 bits per heavy atom. The van der Waals surface area contributed by atoms with E-state index >= 15 is 0 Å². The van der Waals surface area contributed by atoms with Gasteiger partial charge in [0.2, 0.25) is 0 Å². The van der Waals surface area contributed by atoms with Crippen molar-refractivity contribution in [3.05, 3.63) is 52.0 Å². The van der Waals surface area contributed by atoms with Crippen LogP contribution >= 0.6 is 15.9 Å². The van der Waals surface area contributed by atoms with Crippen LogP contribution in [0.3, 0.4) is 0 Å². The van der Waals surface area contributed by atoms with Gasteiger partial charge in [-0.3, -0.25) is 4.68 Å². The van der Waals surface area contributed by atoms with Crippen molar-refractivity contribution in [2.75, 3.05) is 6.54 Å². The molecule has 5 heteroatoms. The molecule has 0 atom stereocenters. The van der Waals surface area contributed by atoms with Crippen LogP contribution in [0.4, 0.5) is 4.39 Å². The SMILES string of the molecule is CCCNCc1ccc(F)c(Cn2cc(Br)cn2)c1. The highest BCUT2D eigenvalue weighted by atomic mass is 79.9. The van der Waals surface area contributed by atoms with Crippen LogP contribution in [0.15, 0.2) is 35.1 Å². The van der Waals surface area contributed by atoms with Gasteiger partial charge in [0.25, 0.3) is 0 Å². The summed E-state index contributed by atoms with van der Waals surface area (Å²) in [6.07, 6.45) is 4.63. The largest absolute Gasteiger partial charge is 0.313 e. The first-order valence-electron chi connectivity index (χ1n) is 6.35. The minimum atomic E-state index is -0.189. The molecule has 0 amide bonds. The van der Waals surface area contributed by atoms with Crippen LogP contribution in [-0.2, 0) is 13.1 Å². The van der Waals surface area contributed by atoms with Crippen LogP contribution in [0.25, 0.3) is 0 Å². The first kappa shape index (κ1) is 14.2. The first-order chi connectivity index (χ1) is 9.19. The van der Waals surface area contributed by atoms with Gasteiger partial charge in [-0.2, -0.15) is 5.10 Å². The van der Waals surface area contributed by atoms with Crippen molar-refractivity contribution in [2.45, 2.75) is 26.4 Å². The van der Waals surface area contributed by atoms with Gasteiger partial charge in [-0.25, -0.2) is 4.39 Å². The normalized spacial score (nSPS) is 10.9. The topological polar surface area (TPSA) is 29.9 Å². The lowest BCUT2D eigenvalue weighted by Crippen LogP contribution is -2.14. The van der Waals surface area contributed by atoms with Crippen LogP contribution in [0.5, 0.6) is 0 Å². The lowest BCUT2D eigenvalue weighted by Gasteiger charge is -2.08. The number of hydrogen-bond acceptors (Lipinski definition) is 2. The first-order valence-corrected chi connectivity index (χ1v) is 7.14. The molecule has 102 valence electrons. The zero-order valence-electron chi connectivity index (χ0n) is 10.9. The molecular formula is C14H17BrFN3. The number of benzene rings is 1. The van der Waals surface area contributed by atoms with Crippen molar-refractivity contribution in [1.82, 2.24) is 15.1 Å². The highest BCUT2D eigenvalue weighted by Gasteiger charge is 2.05. The Kier molecular flexibility index (Phi) is 5.10. The van der Waals surface area contributed by atoms with E-state index in [-0.39, 0.29) is 5.82 Å². The maximum absolute atomic E-state index is 13.8. The molecule has 0 radical (unpaired) electrons. The smallest absolute Gasteiger partial charge is 0.128 e. The Balaban J connectivity index is 2.08. The van der Waals surface area contributed by atoms with Crippen molar-refractivity contribution in [1.29, 1.82) is 0 Å². The molecule has 0 aliphatic carbocycles. The number of halogens is 2. The highest BCUT2D eigenvalue weighted by Crippen LogP contribution is 2.14. The lowest BCUT2D eigenvalue weighted by molar-refractivity contribution is 0.582. The summed E-state index contributed by atoms with van der Waals surface area (Å²) in [7, 11) is 0. The van der Waals surface area contributed by atoms with E-state index in [9.17, 15) is 4.39 Å². The monoisotopic (exact) mass is 325 g/mol. The van der Waals surface area contributed by atoms with Crippen molar-refractivity contribution in [3.8, 4) is 0 Å². The Morgan fingerprint density at radius 3 is 2.95 bits per heavy atom. The molecule has 3 nitrogen and oxygen atoms in total. The predicted molar refractivity (Wildman–Crippen MR) is 77.4 cm³/mol. The van der Waals surface area contributed by atoms with E-state index in [1.54, 1.807) is 10.9 Å². The van der Waals surface area contributed by atoms with Gasteiger partial charge < -0.3 is 5.32 Å². The summed E-state index contributed by atoms with van der Waals surface area (Å²) in [6, 6.07) is 5.24. The van der Waals surface area contributed by atoms with E-state index < -0.39 is 0 Å². The zero-order chi connectivity index (χ0) is 13.7. The molecule has 0 saturated heterocycles. The number of nitrogens with one attached hydrogen (secondary N) is 1. The second-order valence-electron chi connectivity index (χ2n) is 4.46. The molecule has 0 aliphatic heterocycles. The standard InChI is InChI=1S/C14H17BrFN3/c1-2-5-17-7-11-3-4-14(16)12(6-11)9-19-10-13(15)8-18-19/h3-4,6,8,10,17H,2,5,7,9H2,1H3. The van der Waals surface area contributed by atoms with Crippen LogP contribution in [0.2, 0.25) is 0 Å². The number of hydrogen-bond donors (Lipinski definition) is 1. The Hall–Kier alpha value is -1.20. The fraction of sp³-hybridized carbons (Fsp3) is 0.357. The zero-order valence-corrected chi connectivity index (χ0v) is 12.5. The Labute approximate surface area is 121 Å². The fourth-order valence-electron chi connectivity index (χ4n) is 1.87. The van der Waals surface area contributed by atoms with Gasteiger partial charge in [0.05, 0.1) is 17.2 Å². The van der Waals surface area contributed by atoms with E-state index in [1.165, 1.54) is 6.07 Å². The molecule has 0 spiro atoms. The van der Waals surface area contributed by atoms with Gasteiger partial charge in [0.1, 0.15) is 5.82 Å². The third kappa shape index (κ3) is 4.14. The molecule has 2 rings (SSSR count). The maximum atomic E-state index is 13.8. The van der Waals surface area contributed by atoms with Gasteiger partial charge in [0.15, 0.2) is 0 Å². The van der Waals surface area contributed by atoms with Gasteiger partial charge in [-0.15, -0.1) is 0 Å². The molecule has 1 N–H and O–H groups in total. The highest BCUT2D eigenvalue weighted by molar-refractivity contribution is 9.10. The average molecular weight is 326 g/mol. The molecule has 0 aliphatic rings. The third-order valence-electron chi connectivity index (χ3n) is 2.80. The Morgan fingerprint density at radius 1 is 1.42 bits per heavy atom. The summed E-state index contributed by atoms with van der Waals surface area (Å²) in [5, 5.41) is 7.46. The number of nitrogens with zero attached hydrogens (tertiary/aromatic N) is 2. The van der Waals surface area contributed by atoms with E-state index in [2.05, 4.69) is 33.3 Å². The van der Waals surface area contributed by atoms with E-state index in [0.29, 0.717) is 12.1 Å². The van der Waals surface area contributed by atoms with Crippen molar-refractivity contribution < 1.29 is 4.39 Å². The molecule has 1 aromatic carbocycles. The molecule has 0 unspecified atom stereocenters. The van der Waals surface area contributed by atoms with E-state index in [4.69, 9.17) is 0 Å². The van der Waals surface area contributed by atoms with E-state index in [1.807, 2.05) is 18.3 Å². The molecular weight excluding hydrogens is 309 g/mol. The maximum Gasteiger partial charge on any atom is 0.128 e. The molecule has 1 aromatic heterocycles. The molecule has 2 aromatic rings. The van der Waals surface area contributed by atoms with E-state index in [0.717, 1.165) is 29.5 Å². The summed E-state index contributed by atoms with van der Waals surface area (Å²) < 4.78 is 16.4. The lowest BCUT2D eigenvalue weighted by atomic mass is 10.1. The van der Waals surface area contributed by atoms with Crippen molar-refractivity contribution in [3.63, 3.8) is 0 Å². The predicted octanol–water partition coefficient (Wildman–Crippen LogP) is 3.33. The molecule has 19 heavy (non-hydrogen) atoms. The van der Waals surface area contributed by atoms with Crippen LogP contribution in [0.1, 0.15) is 24.5 Å². The average Bonchev–Trinajstić information content (AvgIpc) is 2.79. The summed E-state index contributed by atoms with van der Waals surface area (Å²) >= 11 is 3.33. The molecule has 1 heterocycles. The Bertz CT molecular complexity index is 539. The number of rotatable bonds is 6. The quantitative estimate of drug-likeness (QED) is 0.825. The van der Waals surface area contributed by atoms with Crippen LogP contribution in [0, 0.1) is 5.82 Å². The second kappa shape index (κ2) is 6.82.